The molecule has 0 N–H and O–H groups in total. The summed E-state index contributed by atoms with van der Waals surface area (Å²) in [5, 5.41) is 0.723. The van der Waals surface area contributed by atoms with Crippen molar-refractivity contribution in [2.45, 2.75) is 19.4 Å². The summed E-state index contributed by atoms with van der Waals surface area (Å²) in [7, 11) is 0. The minimum Gasteiger partial charge on any atom is -0.283 e. The highest BCUT2D eigenvalue weighted by Gasteiger charge is 2.30. The molecule has 0 spiro atoms. The van der Waals surface area contributed by atoms with Crippen molar-refractivity contribution in [2.24, 2.45) is 0 Å². The molecular weight excluding hydrogens is 424 g/mol. The van der Waals surface area contributed by atoms with Crippen LogP contribution in [-0.4, -0.2) is 10.9 Å². The van der Waals surface area contributed by atoms with Crippen molar-refractivity contribution < 1.29 is 4.79 Å². The second kappa shape index (κ2) is 9.39. The summed E-state index contributed by atoms with van der Waals surface area (Å²) in [4.78, 5) is 21.0. The highest BCUT2D eigenvalue weighted by Crippen LogP contribution is 2.34. The summed E-state index contributed by atoms with van der Waals surface area (Å²) >= 11 is 1.57. The normalized spacial score (nSPS) is 11.1. The molecule has 0 unspecified atom stereocenters. The van der Waals surface area contributed by atoms with E-state index in [2.05, 4.69) is 31.2 Å². The standard InChI is InChI=1S/C29H24N2OS/c1-21-17-18-25-26(19-21)33-29(30-25)31(20-22-11-5-2-6-12-22)28(32)27(23-13-7-3-8-14-23)24-15-9-4-10-16-24/h2-19,27H,20H2,1H3. The molecule has 0 saturated heterocycles. The van der Waals surface area contributed by atoms with Crippen LogP contribution in [-0.2, 0) is 11.3 Å². The number of thiazole rings is 1. The van der Waals surface area contributed by atoms with E-state index in [1.807, 2.05) is 89.8 Å². The minimum atomic E-state index is -0.412. The number of hydrogen-bond acceptors (Lipinski definition) is 3. The molecule has 0 aliphatic carbocycles. The third-order valence-electron chi connectivity index (χ3n) is 5.73. The van der Waals surface area contributed by atoms with Crippen LogP contribution < -0.4 is 4.90 Å². The number of aryl methyl sites for hydroxylation is 1. The van der Waals surface area contributed by atoms with Gasteiger partial charge in [-0.25, -0.2) is 4.98 Å². The van der Waals surface area contributed by atoms with Crippen molar-refractivity contribution >= 4 is 32.6 Å². The summed E-state index contributed by atoms with van der Waals surface area (Å²) in [6, 6.07) is 36.3. The van der Waals surface area contributed by atoms with Gasteiger partial charge in [0.05, 0.1) is 22.7 Å². The zero-order chi connectivity index (χ0) is 22.6. The monoisotopic (exact) mass is 448 g/mol. The number of anilines is 1. The van der Waals surface area contributed by atoms with Gasteiger partial charge in [-0.15, -0.1) is 0 Å². The first-order chi connectivity index (χ1) is 16.2. The van der Waals surface area contributed by atoms with Crippen LogP contribution in [0, 0.1) is 6.92 Å². The molecule has 4 heteroatoms. The van der Waals surface area contributed by atoms with Gasteiger partial charge in [0, 0.05) is 0 Å². The Morgan fingerprint density at radius 3 is 2.00 bits per heavy atom. The third kappa shape index (κ3) is 4.57. The van der Waals surface area contributed by atoms with Crippen LogP contribution in [0.1, 0.15) is 28.2 Å². The summed E-state index contributed by atoms with van der Waals surface area (Å²) in [6.45, 7) is 2.54. The topological polar surface area (TPSA) is 33.2 Å². The molecule has 0 bridgehead atoms. The largest absolute Gasteiger partial charge is 0.283 e. The number of carbonyl (C=O) groups excluding carboxylic acids is 1. The van der Waals surface area contributed by atoms with Gasteiger partial charge < -0.3 is 0 Å². The Bertz CT molecular complexity index is 1320. The van der Waals surface area contributed by atoms with Gasteiger partial charge in [-0.05, 0) is 41.3 Å². The fraction of sp³-hybridized carbons (Fsp3) is 0.103. The molecule has 1 amide bonds. The van der Waals surface area contributed by atoms with E-state index in [0.717, 1.165) is 32.0 Å². The van der Waals surface area contributed by atoms with E-state index in [-0.39, 0.29) is 5.91 Å². The fourth-order valence-electron chi connectivity index (χ4n) is 4.07. The van der Waals surface area contributed by atoms with E-state index in [4.69, 9.17) is 4.98 Å². The molecule has 1 heterocycles. The second-order valence-electron chi connectivity index (χ2n) is 8.13. The third-order valence-corrected chi connectivity index (χ3v) is 6.77. The molecule has 4 aromatic carbocycles. The minimum absolute atomic E-state index is 0.0204. The lowest BCUT2D eigenvalue weighted by Gasteiger charge is -2.26. The lowest BCUT2D eigenvalue weighted by atomic mass is 9.90. The molecule has 5 aromatic rings. The van der Waals surface area contributed by atoms with E-state index < -0.39 is 5.92 Å². The van der Waals surface area contributed by atoms with Crippen LogP contribution >= 0.6 is 11.3 Å². The number of benzene rings is 4. The maximum absolute atomic E-state index is 14.3. The fourth-order valence-corrected chi connectivity index (χ4v) is 5.13. The number of fused-ring (bicyclic) bond motifs is 1. The number of amides is 1. The highest BCUT2D eigenvalue weighted by molar-refractivity contribution is 7.22. The van der Waals surface area contributed by atoms with Gasteiger partial charge in [0.15, 0.2) is 5.13 Å². The molecule has 0 fully saturated rings. The smallest absolute Gasteiger partial charge is 0.241 e. The first-order valence-electron chi connectivity index (χ1n) is 11.0. The maximum Gasteiger partial charge on any atom is 0.241 e. The maximum atomic E-state index is 14.3. The molecule has 0 radical (unpaired) electrons. The Kier molecular flexibility index (Phi) is 6.01. The second-order valence-corrected chi connectivity index (χ2v) is 9.14. The molecule has 1 aromatic heterocycles. The first kappa shape index (κ1) is 21.1. The van der Waals surface area contributed by atoms with Gasteiger partial charge in [-0.2, -0.15) is 0 Å². The Balaban J connectivity index is 1.62. The Labute approximate surface area is 198 Å². The summed E-state index contributed by atoms with van der Waals surface area (Å²) in [5.41, 5.74) is 5.13. The summed E-state index contributed by atoms with van der Waals surface area (Å²) in [5.74, 6) is -0.392. The van der Waals surface area contributed by atoms with Gasteiger partial charge in [0.2, 0.25) is 5.91 Å². The van der Waals surface area contributed by atoms with Crippen LogP contribution in [0.15, 0.2) is 109 Å². The SMILES string of the molecule is Cc1ccc2nc(N(Cc3ccccc3)C(=O)C(c3ccccc3)c3ccccc3)sc2c1. The van der Waals surface area contributed by atoms with Crippen molar-refractivity contribution in [3.05, 3.63) is 131 Å². The molecule has 0 aliphatic heterocycles. The van der Waals surface area contributed by atoms with Crippen LogP contribution in [0.3, 0.4) is 0 Å². The predicted molar refractivity (Wildman–Crippen MR) is 137 cm³/mol. The van der Waals surface area contributed by atoms with Gasteiger partial charge in [-0.1, -0.05) is 108 Å². The number of carbonyl (C=O) groups is 1. The molecule has 33 heavy (non-hydrogen) atoms. The quantitative estimate of drug-likeness (QED) is 0.281. The molecule has 0 atom stereocenters. The van der Waals surface area contributed by atoms with Crippen LogP contribution in [0.4, 0.5) is 5.13 Å². The van der Waals surface area contributed by atoms with E-state index in [1.54, 1.807) is 11.3 Å². The van der Waals surface area contributed by atoms with Crippen molar-refractivity contribution in [1.82, 2.24) is 4.98 Å². The Morgan fingerprint density at radius 1 is 0.818 bits per heavy atom. The van der Waals surface area contributed by atoms with Crippen LogP contribution in [0.25, 0.3) is 10.2 Å². The van der Waals surface area contributed by atoms with Gasteiger partial charge in [-0.3, -0.25) is 9.69 Å². The van der Waals surface area contributed by atoms with Crippen molar-refractivity contribution in [2.75, 3.05) is 4.90 Å². The number of aromatic nitrogens is 1. The van der Waals surface area contributed by atoms with Crippen molar-refractivity contribution in [3.8, 4) is 0 Å². The molecule has 0 saturated carbocycles. The zero-order valence-electron chi connectivity index (χ0n) is 18.4. The highest BCUT2D eigenvalue weighted by atomic mass is 32.1. The average Bonchev–Trinajstić information content (AvgIpc) is 3.27. The van der Waals surface area contributed by atoms with E-state index in [9.17, 15) is 4.79 Å². The molecule has 5 rings (SSSR count). The molecular formula is C29H24N2OS. The number of hydrogen-bond donors (Lipinski definition) is 0. The number of nitrogens with zero attached hydrogens (tertiary/aromatic N) is 2. The van der Waals surface area contributed by atoms with Crippen molar-refractivity contribution in [3.63, 3.8) is 0 Å². The van der Waals surface area contributed by atoms with Crippen molar-refractivity contribution in [1.29, 1.82) is 0 Å². The zero-order valence-corrected chi connectivity index (χ0v) is 19.2. The molecule has 3 nitrogen and oxygen atoms in total. The van der Waals surface area contributed by atoms with E-state index in [1.165, 1.54) is 5.56 Å². The van der Waals surface area contributed by atoms with Crippen LogP contribution in [0.2, 0.25) is 0 Å². The molecule has 162 valence electrons. The first-order valence-corrected chi connectivity index (χ1v) is 11.8. The predicted octanol–water partition coefficient (Wildman–Crippen LogP) is 6.97. The van der Waals surface area contributed by atoms with E-state index in [0.29, 0.717) is 6.54 Å². The summed E-state index contributed by atoms with van der Waals surface area (Å²) in [6.07, 6.45) is 0. The lowest BCUT2D eigenvalue weighted by Crippen LogP contribution is -2.35. The van der Waals surface area contributed by atoms with Gasteiger partial charge >= 0.3 is 0 Å². The number of rotatable bonds is 6. The summed E-state index contributed by atoms with van der Waals surface area (Å²) < 4.78 is 1.09. The van der Waals surface area contributed by atoms with Gasteiger partial charge in [0.25, 0.3) is 0 Å². The van der Waals surface area contributed by atoms with Gasteiger partial charge in [0.1, 0.15) is 0 Å². The Morgan fingerprint density at radius 2 is 1.39 bits per heavy atom. The van der Waals surface area contributed by atoms with Crippen LogP contribution in [0.5, 0.6) is 0 Å². The molecule has 0 aliphatic rings. The lowest BCUT2D eigenvalue weighted by molar-refractivity contribution is -0.119. The average molecular weight is 449 g/mol. The van der Waals surface area contributed by atoms with E-state index >= 15 is 0 Å². The Hall–Kier alpha value is -3.76.